The molecule has 0 saturated carbocycles. The van der Waals surface area contributed by atoms with E-state index < -0.39 is 29.7 Å². The molecule has 0 spiro atoms. The molecule has 2 saturated heterocycles. The fourth-order valence-corrected chi connectivity index (χ4v) is 3.68. The van der Waals surface area contributed by atoms with Crippen LogP contribution >= 0.6 is 11.6 Å². The predicted octanol–water partition coefficient (Wildman–Crippen LogP) is 2.74. The minimum atomic E-state index is -0.878. The number of amides is 1. The van der Waals surface area contributed by atoms with Gasteiger partial charge >= 0.3 is 5.97 Å². The van der Waals surface area contributed by atoms with Crippen LogP contribution in [0.15, 0.2) is 18.2 Å². The summed E-state index contributed by atoms with van der Waals surface area (Å²) in [4.78, 5) is 25.7. The molecule has 2 aliphatic rings. The van der Waals surface area contributed by atoms with Gasteiger partial charge in [0.2, 0.25) is 5.91 Å². The summed E-state index contributed by atoms with van der Waals surface area (Å²) in [5.74, 6) is -2.59. The second kappa shape index (κ2) is 6.69. The van der Waals surface area contributed by atoms with Gasteiger partial charge < -0.3 is 14.7 Å². The van der Waals surface area contributed by atoms with Crippen LogP contribution in [0.25, 0.3) is 0 Å². The van der Waals surface area contributed by atoms with Crippen molar-refractivity contribution in [2.24, 2.45) is 17.8 Å². The molecular formula is C17H19ClFNO4. The van der Waals surface area contributed by atoms with E-state index in [2.05, 4.69) is 0 Å². The Labute approximate surface area is 144 Å². The maximum atomic E-state index is 13.7. The number of carbonyl (C=O) groups excluding carboxylic acids is 1. The van der Waals surface area contributed by atoms with Crippen molar-refractivity contribution >= 4 is 23.5 Å². The van der Waals surface area contributed by atoms with E-state index in [4.69, 9.17) is 16.3 Å². The highest BCUT2D eigenvalue weighted by atomic mass is 35.5. The Morgan fingerprint density at radius 3 is 2.71 bits per heavy atom. The molecule has 3 rings (SSSR count). The van der Waals surface area contributed by atoms with Crippen molar-refractivity contribution in [3.8, 4) is 0 Å². The minimum absolute atomic E-state index is 0.0253. The van der Waals surface area contributed by atoms with Gasteiger partial charge in [-0.1, -0.05) is 24.6 Å². The van der Waals surface area contributed by atoms with Gasteiger partial charge in [0.15, 0.2) is 0 Å². The largest absolute Gasteiger partial charge is 0.481 e. The normalized spacial score (nSPS) is 29.9. The predicted molar refractivity (Wildman–Crippen MR) is 85.1 cm³/mol. The smallest absolute Gasteiger partial charge is 0.308 e. The first-order valence-corrected chi connectivity index (χ1v) is 8.34. The molecule has 1 amide bonds. The monoisotopic (exact) mass is 355 g/mol. The maximum Gasteiger partial charge on any atom is 0.308 e. The van der Waals surface area contributed by atoms with Crippen LogP contribution in [-0.4, -0.2) is 41.6 Å². The van der Waals surface area contributed by atoms with Crippen LogP contribution in [0.2, 0.25) is 5.02 Å². The number of carbonyl (C=O) groups is 2. The Kier molecular flexibility index (Phi) is 4.78. The number of carboxylic acid groups (broad SMARTS) is 1. The number of likely N-dealkylation sites (tertiary alicyclic amines) is 1. The minimum Gasteiger partial charge on any atom is -0.481 e. The first-order valence-electron chi connectivity index (χ1n) is 7.96. The second-order valence-electron chi connectivity index (χ2n) is 6.53. The molecule has 24 heavy (non-hydrogen) atoms. The Morgan fingerprint density at radius 2 is 2.08 bits per heavy atom. The molecule has 4 atom stereocenters. The third-order valence-electron chi connectivity index (χ3n) is 4.92. The Bertz CT molecular complexity index is 668. The number of halogens is 2. The van der Waals surface area contributed by atoms with E-state index in [0.29, 0.717) is 25.1 Å². The first kappa shape index (κ1) is 17.2. The summed E-state index contributed by atoms with van der Waals surface area (Å²) in [6.45, 7) is 2.89. The SMILES string of the molecule is C[C@@H]1CN(C(=O)[C@@H]2CCO[C@H]2c2ccc(Cl)c(F)c2)C[C@H]1C(=O)O. The third kappa shape index (κ3) is 3.13. The van der Waals surface area contributed by atoms with Crippen molar-refractivity contribution in [2.45, 2.75) is 19.4 Å². The number of hydrogen-bond donors (Lipinski definition) is 1. The number of benzene rings is 1. The van der Waals surface area contributed by atoms with Crippen molar-refractivity contribution in [3.05, 3.63) is 34.6 Å². The Morgan fingerprint density at radius 1 is 1.33 bits per heavy atom. The fourth-order valence-electron chi connectivity index (χ4n) is 3.56. The van der Waals surface area contributed by atoms with Gasteiger partial charge in [0.05, 0.1) is 23.0 Å². The zero-order chi connectivity index (χ0) is 17.4. The molecular weight excluding hydrogens is 337 g/mol. The van der Waals surface area contributed by atoms with Gasteiger partial charge in [-0.15, -0.1) is 0 Å². The zero-order valence-electron chi connectivity index (χ0n) is 13.2. The average Bonchev–Trinajstić information content (AvgIpc) is 3.16. The summed E-state index contributed by atoms with van der Waals surface area (Å²) < 4.78 is 19.4. The van der Waals surface area contributed by atoms with Crippen LogP contribution in [0.5, 0.6) is 0 Å². The average molecular weight is 356 g/mol. The number of rotatable bonds is 3. The molecule has 2 heterocycles. The number of ether oxygens (including phenoxy) is 1. The van der Waals surface area contributed by atoms with Crippen LogP contribution in [0.1, 0.15) is 25.0 Å². The molecule has 0 bridgehead atoms. The zero-order valence-corrected chi connectivity index (χ0v) is 14.0. The van der Waals surface area contributed by atoms with Crippen molar-refractivity contribution < 1.29 is 23.8 Å². The van der Waals surface area contributed by atoms with E-state index in [0.717, 1.165) is 0 Å². The molecule has 5 nitrogen and oxygen atoms in total. The standard InChI is InChI=1S/C17H19ClFNO4/c1-9-7-20(8-12(9)17(22)23)16(21)11-4-5-24-15(11)10-2-3-13(18)14(19)6-10/h2-3,6,9,11-12,15H,4-5,7-8H2,1H3,(H,22,23)/t9-,11-,12-,15+/m1/s1. The number of aliphatic carboxylic acids is 1. The lowest BCUT2D eigenvalue weighted by Gasteiger charge is -2.24. The van der Waals surface area contributed by atoms with Gasteiger partial charge in [0, 0.05) is 19.7 Å². The highest BCUT2D eigenvalue weighted by Crippen LogP contribution is 2.38. The second-order valence-corrected chi connectivity index (χ2v) is 6.93. The Hall–Kier alpha value is -1.66. The number of carboxylic acids is 1. The first-order chi connectivity index (χ1) is 11.4. The van der Waals surface area contributed by atoms with Crippen LogP contribution in [0.3, 0.4) is 0 Å². The quantitative estimate of drug-likeness (QED) is 0.905. The molecule has 130 valence electrons. The van der Waals surface area contributed by atoms with Crippen LogP contribution in [-0.2, 0) is 14.3 Å². The molecule has 1 aromatic rings. The van der Waals surface area contributed by atoms with E-state index in [1.54, 1.807) is 11.0 Å². The topological polar surface area (TPSA) is 66.8 Å². The van der Waals surface area contributed by atoms with Gasteiger partial charge in [0.1, 0.15) is 5.82 Å². The van der Waals surface area contributed by atoms with E-state index in [1.807, 2.05) is 6.92 Å². The van der Waals surface area contributed by atoms with Crippen molar-refractivity contribution in [1.82, 2.24) is 4.90 Å². The van der Waals surface area contributed by atoms with Gasteiger partial charge in [-0.25, -0.2) is 4.39 Å². The van der Waals surface area contributed by atoms with Crippen LogP contribution < -0.4 is 0 Å². The summed E-state index contributed by atoms with van der Waals surface area (Å²) in [6, 6.07) is 4.41. The molecule has 0 aliphatic carbocycles. The summed E-state index contributed by atoms with van der Waals surface area (Å²) >= 11 is 5.71. The highest BCUT2D eigenvalue weighted by Gasteiger charge is 2.43. The molecule has 7 heteroatoms. The van der Waals surface area contributed by atoms with Crippen LogP contribution in [0.4, 0.5) is 4.39 Å². The van der Waals surface area contributed by atoms with Crippen molar-refractivity contribution in [2.75, 3.05) is 19.7 Å². The van der Waals surface area contributed by atoms with Gasteiger partial charge in [-0.2, -0.15) is 0 Å². The molecule has 0 radical (unpaired) electrons. The molecule has 2 fully saturated rings. The maximum absolute atomic E-state index is 13.7. The lowest BCUT2D eigenvalue weighted by molar-refractivity contribution is -0.142. The number of hydrogen-bond acceptors (Lipinski definition) is 3. The van der Waals surface area contributed by atoms with E-state index in [9.17, 15) is 19.1 Å². The lowest BCUT2D eigenvalue weighted by Crippen LogP contribution is -2.36. The van der Waals surface area contributed by atoms with E-state index >= 15 is 0 Å². The highest BCUT2D eigenvalue weighted by molar-refractivity contribution is 6.30. The van der Waals surface area contributed by atoms with Gasteiger partial charge in [0.25, 0.3) is 0 Å². The number of nitrogens with zero attached hydrogens (tertiary/aromatic N) is 1. The molecule has 0 aromatic heterocycles. The van der Waals surface area contributed by atoms with Crippen LogP contribution in [0, 0.1) is 23.6 Å². The van der Waals surface area contributed by atoms with E-state index in [-0.39, 0.29) is 23.4 Å². The van der Waals surface area contributed by atoms with Crippen molar-refractivity contribution in [3.63, 3.8) is 0 Å². The lowest BCUT2D eigenvalue weighted by atomic mass is 9.94. The Balaban J connectivity index is 1.77. The third-order valence-corrected chi connectivity index (χ3v) is 5.23. The fraction of sp³-hybridized carbons (Fsp3) is 0.529. The molecule has 1 N–H and O–H groups in total. The summed E-state index contributed by atoms with van der Waals surface area (Å²) in [6.07, 6.45) is 0.0135. The summed E-state index contributed by atoms with van der Waals surface area (Å²) in [5.41, 5.74) is 0.578. The van der Waals surface area contributed by atoms with Gasteiger partial charge in [-0.3, -0.25) is 9.59 Å². The summed E-state index contributed by atoms with van der Waals surface area (Å²) in [5, 5.41) is 9.24. The van der Waals surface area contributed by atoms with Crippen molar-refractivity contribution in [1.29, 1.82) is 0 Å². The molecule has 1 aromatic carbocycles. The van der Waals surface area contributed by atoms with E-state index in [1.165, 1.54) is 12.1 Å². The summed E-state index contributed by atoms with van der Waals surface area (Å²) in [7, 11) is 0. The molecule has 2 aliphatic heterocycles. The van der Waals surface area contributed by atoms with Gasteiger partial charge in [-0.05, 0) is 30.0 Å². The molecule has 0 unspecified atom stereocenters.